The molecule has 1 heterocycles. The van der Waals surface area contributed by atoms with E-state index in [2.05, 4.69) is 25.5 Å². The van der Waals surface area contributed by atoms with Gasteiger partial charge in [0.2, 0.25) is 0 Å². The number of ketones is 2. The largest absolute Gasteiger partial charge is 0.393 e. The standard InChI is InChI=1S/C21H27NO3/c1-10-5-20-8-13(24)17-19(2)6-11(23)7-21(17)14(20)4-12(10)16(25)15(20)18(21)22(3)9-19/h11-12,14-15,17-18,23H,1,4-9H2,2-3H3/t11-,12-,14+,15+,17+,18+,19-,20+,21+/m0/s1. The second-order valence-electron chi connectivity index (χ2n) is 10.6. The van der Waals surface area contributed by atoms with E-state index in [1.807, 2.05) is 0 Å². The smallest absolute Gasteiger partial charge is 0.145 e. The fourth-order valence-corrected chi connectivity index (χ4v) is 9.63. The molecule has 6 aliphatic carbocycles. The normalized spacial score (nSPS) is 61.8. The zero-order chi connectivity index (χ0) is 17.5. The molecule has 0 aromatic carbocycles. The number of allylic oxidation sites excluding steroid dienone is 1. The Bertz CT molecular complexity index is 760. The van der Waals surface area contributed by atoms with Crippen molar-refractivity contribution in [1.29, 1.82) is 0 Å². The molecular formula is C21H27NO3. The van der Waals surface area contributed by atoms with Gasteiger partial charge >= 0.3 is 0 Å². The van der Waals surface area contributed by atoms with Crippen LogP contribution in [-0.4, -0.2) is 47.3 Å². The van der Waals surface area contributed by atoms with Gasteiger partial charge in [-0.15, -0.1) is 0 Å². The van der Waals surface area contributed by atoms with Crippen LogP contribution in [-0.2, 0) is 9.59 Å². The van der Waals surface area contributed by atoms with E-state index in [4.69, 9.17) is 0 Å². The number of hydrogen-bond acceptors (Lipinski definition) is 4. The van der Waals surface area contributed by atoms with Crippen LogP contribution in [0, 0.1) is 39.9 Å². The minimum Gasteiger partial charge on any atom is -0.393 e. The van der Waals surface area contributed by atoms with Crippen molar-refractivity contribution in [1.82, 2.24) is 4.90 Å². The van der Waals surface area contributed by atoms with Gasteiger partial charge in [-0.1, -0.05) is 19.1 Å². The molecule has 9 atom stereocenters. The van der Waals surface area contributed by atoms with Crippen LogP contribution < -0.4 is 0 Å². The molecule has 1 saturated heterocycles. The number of carbonyl (C=O) groups is 2. The first kappa shape index (κ1) is 15.1. The van der Waals surface area contributed by atoms with Crippen molar-refractivity contribution in [2.75, 3.05) is 13.6 Å². The highest BCUT2D eigenvalue weighted by Gasteiger charge is 2.83. The molecule has 0 unspecified atom stereocenters. The summed E-state index contributed by atoms with van der Waals surface area (Å²) in [5.41, 5.74) is 0.529. The zero-order valence-corrected chi connectivity index (χ0v) is 15.1. The number of fused-ring (bicyclic) bond motifs is 1. The predicted molar refractivity (Wildman–Crippen MR) is 91.6 cm³/mol. The minimum atomic E-state index is -0.336. The van der Waals surface area contributed by atoms with Crippen LogP contribution in [0.5, 0.6) is 0 Å². The monoisotopic (exact) mass is 341 g/mol. The van der Waals surface area contributed by atoms with Crippen LogP contribution in [0.15, 0.2) is 12.2 Å². The average Bonchev–Trinajstić information content (AvgIpc) is 2.57. The predicted octanol–water partition coefficient (Wildman–Crippen LogP) is 1.82. The molecule has 4 nitrogen and oxygen atoms in total. The molecule has 6 bridgehead atoms. The fraction of sp³-hybridized carbons (Fsp3) is 0.810. The van der Waals surface area contributed by atoms with Gasteiger partial charge < -0.3 is 10.0 Å². The van der Waals surface area contributed by atoms with Crippen LogP contribution in [0.4, 0.5) is 0 Å². The summed E-state index contributed by atoms with van der Waals surface area (Å²) in [5.74, 6) is 1.17. The highest BCUT2D eigenvalue weighted by Crippen LogP contribution is 2.81. The maximum absolute atomic E-state index is 13.5. The maximum Gasteiger partial charge on any atom is 0.145 e. The number of hydrogen-bond donors (Lipinski definition) is 1. The summed E-state index contributed by atoms with van der Waals surface area (Å²) in [6.07, 6.45) is 3.40. The Labute approximate surface area is 148 Å². The van der Waals surface area contributed by atoms with Gasteiger partial charge in [-0.05, 0) is 49.5 Å². The summed E-state index contributed by atoms with van der Waals surface area (Å²) in [5, 5.41) is 10.8. The van der Waals surface area contributed by atoms with Crippen LogP contribution in [0.1, 0.15) is 39.0 Å². The molecular weight excluding hydrogens is 314 g/mol. The lowest BCUT2D eigenvalue weighted by atomic mass is 9.39. The van der Waals surface area contributed by atoms with E-state index in [0.717, 1.165) is 31.4 Å². The molecule has 0 aromatic rings. The van der Waals surface area contributed by atoms with Gasteiger partial charge in [0.15, 0.2) is 0 Å². The fourth-order valence-electron chi connectivity index (χ4n) is 9.63. The Morgan fingerprint density at radius 1 is 1.24 bits per heavy atom. The third-order valence-corrected chi connectivity index (χ3v) is 9.44. The van der Waals surface area contributed by atoms with Gasteiger partial charge in [-0.25, -0.2) is 0 Å². The van der Waals surface area contributed by atoms with E-state index in [1.54, 1.807) is 0 Å². The number of likely N-dealkylation sites (tertiary alicyclic amines) is 1. The molecule has 7 aliphatic rings. The number of rotatable bonds is 0. The lowest BCUT2D eigenvalue weighted by molar-refractivity contribution is -0.201. The van der Waals surface area contributed by atoms with Gasteiger partial charge in [0, 0.05) is 42.2 Å². The molecule has 134 valence electrons. The second kappa shape index (κ2) is 3.96. The number of aliphatic hydroxyl groups excluding tert-OH is 1. The van der Waals surface area contributed by atoms with Crippen LogP contribution in [0.2, 0.25) is 0 Å². The van der Waals surface area contributed by atoms with Crippen LogP contribution in [0.25, 0.3) is 0 Å². The van der Waals surface area contributed by atoms with E-state index in [1.165, 1.54) is 0 Å². The van der Waals surface area contributed by atoms with Gasteiger partial charge in [0.1, 0.15) is 11.6 Å². The molecule has 0 amide bonds. The van der Waals surface area contributed by atoms with Crippen molar-refractivity contribution in [3.8, 4) is 0 Å². The Balaban J connectivity index is 1.67. The Morgan fingerprint density at radius 3 is 2.76 bits per heavy atom. The molecule has 1 N–H and O–H groups in total. The number of Topliss-reactive ketones (excluding diaryl/α,β-unsaturated/α-hetero) is 2. The van der Waals surface area contributed by atoms with Gasteiger partial charge in [-0.3, -0.25) is 9.59 Å². The van der Waals surface area contributed by atoms with E-state index in [-0.39, 0.29) is 46.1 Å². The number of carbonyl (C=O) groups excluding carboxylic acids is 2. The van der Waals surface area contributed by atoms with Gasteiger partial charge in [0.05, 0.1) is 6.10 Å². The summed E-state index contributed by atoms with van der Waals surface area (Å²) in [6.45, 7) is 7.27. The first-order valence-corrected chi connectivity index (χ1v) is 9.87. The van der Waals surface area contributed by atoms with E-state index in [9.17, 15) is 14.7 Å². The molecule has 2 spiro atoms. The molecule has 4 heteroatoms. The summed E-state index contributed by atoms with van der Waals surface area (Å²) in [7, 11) is 2.16. The van der Waals surface area contributed by atoms with E-state index < -0.39 is 0 Å². The lowest BCUT2D eigenvalue weighted by Crippen LogP contribution is -2.70. The molecule has 0 aromatic heterocycles. The highest BCUT2D eigenvalue weighted by molar-refractivity contribution is 5.95. The van der Waals surface area contributed by atoms with Gasteiger partial charge in [-0.2, -0.15) is 0 Å². The third kappa shape index (κ3) is 1.31. The number of aliphatic hydroxyl groups is 1. The zero-order valence-electron chi connectivity index (χ0n) is 15.1. The van der Waals surface area contributed by atoms with Crippen LogP contribution in [0.3, 0.4) is 0 Å². The Hall–Kier alpha value is -1.00. The summed E-state index contributed by atoms with van der Waals surface area (Å²) < 4.78 is 0. The average molecular weight is 341 g/mol. The summed E-state index contributed by atoms with van der Waals surface area (Å²) >= 11 is 0. The van der Waals surface area contributed by atoms with Crippen molar-refractivity contribution in [3.05, 3.63) is 12.2 Å². The Morgan fingerprint density at radius 2 is 2.00 bits per heavy atom. The summed E-state index contributed by atoms with van der Waals surface area (Å²) in [6, 6.07) is 0.141. The van der Waals surface area contributed by atoms with Crippen molar-refractivity contribution in [3.63, 3.8) is 0 Å². The summed E-state index contributed by atoms with van der Waals surface area (Å²) in [4.78, 5) is 29.3. The van der Waals surface area contributed by atoms with Crippen molar-refractivity contribution >= 4 is 11.6 Å². The topological polar surface area (TPSA) is 57.6 Å². The number of nitrogens with zero attached hydrogens (tertiary/aromatic N) is 1. The highest BCUT2D eigenvalue weighted by atomic mass is 16.3. The molecule has 6 saturated carbocycles. The Kier molecular flexibility index (Phi) is 2.39. The minimum absolute atomic E-state index is 0.00410. The van der Waals surface area contributed by atoms with Gasteiger partial charge in [0.25, 0.3) is 0 Å². The first-order valence-electron chi connectivity index (χ1n) is 9.87. The third-order valence-electron chi connectivity index (χ3n) is 9.44. The van der Waals surface area contributed by atoms with Crippen molar-refractivity contribution in [2.24, 2.45) is 39.9 Å². The van der Waals surface area contributed by atoms with Crippen molar-refractivity contribution in [2.45, 2.75) is 51.2 Å². The van der Waals surface area contributed by atoms with E-state index >= 15 is 0 Å². The maximum atomic E-state index is 13.5. The molecule has 7 fully saturated rings. The number of piperidine rings is 1. The van der Waals surface area contributed by atoms with E-state index in [0.29, 0.717) is 30.3 Å². The first-order chi connectivity index (χ1) is 11.7. The molecule has 7 rings (SSSR count). The second-order valence-corrected chi connectivity index (χ2v) is 10.6. The lowest BCUT2D eigenvalue weighted by Gasteiger charge is -2.66. The SMILES string of the molecule is C=C1C[C@@]23CC(=O)[C@@H]4[C@@]5(C)C[C@H](O)C[C@@]46[C@@H]2C[C@@H]1C(=O)[C@@H]3[C@H]6N(C)C5. The molecule has 25 heavy (non-hydrogen) atoms. The van der Waals surface area contributed by atoms with Crippen molar-refractivity contribution < 1.29 is 14.7 Å². The quantitative estimate of drug-likeness (QED) is 0.683. The molecule has 1 aliphatic heterocycles. The molecule has 0 radical (unpaired) electrons. The van der Waals surface area contributed by atoms with Crippen LogP contribution >= 0.6 is 0 Å².